The normalized spacial score (nSPS) is 10.8. The fourth-order valence-corrected chi connectivity index (χ4v) is 2.48. The van der Waals surface area contributed by atoms with Crippen LogP contribution in [0.25, 0.3) is 0 Å². The summed E-state index contributed by atoms with van der Waals surface area (Å²) in [4.78, 5) is 0. The van der Waals surface area contributed by atoms with Crippen LogP contribution in [0.4, 0.5) is 4.39 Å². The molecule has 1 N–H and O–H groups in total. The number of rotatable bonds is 7. The molecule has 0 heterocycles. The second-order valence-corrected chi connectivity index (χ2v) is 5.60. The molecule has 21 heavy (non-hydrogen) atoms. The van der Waals surface area contributed by atoms with Crippen molar-refractivity contribution in [1.82, 2.24) is 5.32 Å². The van der Waals surface area contributed by atoms with Crippen molar-refractivity contribution in [2.24, 2.45) is 0 Å². The Balaban J connectivity index is 1.95. The van der Waals surface area contributed by atoms with Gasteiger partial charge in [-0.15, -0.1) is 0 Å². The van der Waals surface area contributed by atoms with Gasteiger partial charge in [0, 0.05) is 24.2 Å². The van der Waals surface area contributed by atoms with Gasteiger partial charge in [-0.1, -0.05) is 40.2 Å². The zero-order valence-electron chi connectivity index (χ0n) is 12.0. The van der Waals surface area contributed by atoms with Crippen LogP contribution in [-0.4, -0.2) is 6.61 Å². The molecule has 0 spiro atoms. The zero-order chi connectivity index (χ0) is 15.1. The number of ether oxygens (including phenoxy) is 1. The predicted octanol–water partition coefficient (Wildman–Crippen LogP) is 4.41. The van der Waals surface area contributed by atoms with Gasteiger partial charge in [0.25, 0.3) is 0 Å². The van der Waals surface area contributed by atoms with Crippen LogP contribution in [0.1, 0.15) is 23.6 Å². The molecule has 0 aliphatic heterocycles. The predicted molar refractivity (Wildman–Crippen MR) is 86.4 cm³/mol. The third kappa shape index (κ3) is 4.92. The van der Waals surface area contributed by atoms with E-state index in [1.165, 1.54) is 17.2 Å². The molecule has 0 unspecified atom stereocenters. The van der Waals surface area contributed by atoms with Gasteiger partial charge >= 0.3 is 0 Å². The maximum absolute atomic E-state index is 13.2. The lowest BCUT2D eigenvalue weighted by atomic mass is 10.1. The summed E-state index contributed by atoms with van der Waals surface area (Å²) in [6.07, 6.45) is 0. The fourth-order valence-electron chi connectivity index (χ4n) is 2.09. The van der Waals surface area contributed by atoms with Crippen LogP contribution in [0.3, 0.4) is 0 Å². The van der Waals surface area contributed by atoms with E-state index >= 15 is 0 Å². The second-order valence-electron chi connectivity index (χ2n) is 4.75. The Labute approximate surface area is 133 Å². The number of halogens is 2. The molecule has 0 aliphatic rings. The van der Waals surface area contributed by atoms with Crippen molar-refractivity contribution >= 4 is 15.9 Å². The van der Waals surface area contributed by atoms with Crippen molar-refractivity contribution < 1.29 is 9.13 Å². The third-order valence-electron chi connectivity index (χ3n) is 3.22. The number of nitrogens with one attached hydrogen (secondary N) is 1. The van der Waals surface area contributed by atoms with Crippen molar-refractivity contribution in [3.63, 3.8) is 0 Å². The Bertz CT molecular complexity index is 589. The minimum Gasteiger partial charge on any atom is -0.377 e. The minimum absolute atomic E-state index is 0.216. The first-order chi connectivity index (χ1) is 10.2. The van der Waals surface area contributed by atoms with Crippen LogP contribution in [-0.2, 0) is 24.4 Å². The Morgan fingerprint density at radius 2 is 1.76 bits per heavy atom. The zero-order valence-corrected chi connectivity index (χ0v) is 13.6. The maximum Gasteiger partial charge on any atom is 0.123 e. The molecule has 0 amide bonds. The first-order valence-electron chi connectivity index (χ1n) is 7.00. The summed E-state index contributed by atoms with van der Waals surface area (Å²) in [7, 11) is 0. The molecular weight excluding hydrogens is 333 g/mol. The Morgan fingerprint density at radius 3 is 2.52 bits per heavy atom. The molecule has 2 rings (SSSR count). The molecule has 4 heteroatoms. The van der Waals surface area contributed by atoms with E-state index in [0.29, 0.717) is 19.8 Å². The monoisotopic (exact) mass is 351 g/mol. The molecule has 0 radical (unpaired) electrons. The van der Waals surface area contributed by atoms with Gasteiger partial charge in [-0.3, -0.25) is 0 Å². The van der Waals surface area contributed by atoms with Crippen molar-refractivity contribution in [1.29, 1.82) is 0 Å². The molecule has 0 atom stereocenters. The molecule has 2 nitrogen and oxygen atoms in total. The first kappa shape index (κ1) is 16.1. The summed E-state index contributed by atoms with van der Waals surface area (Å²) in [5.41, 5.74) is 3.31. The van der Waals surface area contributed by atoms with Crippen molar-refractivity contribution in [2.75, 3.05) is 6.61 Å². The van der Waals surface area contributed by atoms with Gasteiger partial charge in [0.15, 0.2) is 0 Å². The van der Waals surface area contributed by atoms with Gasteiger partial charge in [-0.25, -0.2) is 4.39 Å². The van der Waals surface area contributed by atoms with Gasteiger partial charge in [0.05, 0.1) is 6.61 Å². The van der Waals surface area contributed by atoms with E-state index in [9.17, 15) is 4.39 Å². The highest BCUT2D eigenvalue weighted by molar-refractivity contribution is 9.10. The summed E-state index contributed by atoms with van der Waals surface area (Å²) in [5.74, 6) is -0.216. The molecule has 0 aliphatic carbocycles. The topological polar surface area (TPSA) is 21.3 Å². The SMILES string of the molecule is CCOCc1ccccc1CNCc1cc(F)ccc1Br. The van der Waals surface area contributed by atoms with Crippen LogP contribution in [0, 0.1) is 5.82 Å². The van der Waals surface area contributed by atoms with Crippen LogP contribution in [0.5, 0.6) is 0 Å². The van der Waals surface area contributed by atoms with Gasteiger partial charge < -0.3 is 10.1 Å². The van der Waals surface area contributed by atoms with E-state index in [2.05, 4.69) is 33.4 Å². The quantitative estimate of drug-likeness (QED) is 0.797. The van der Waals surface area contributed by atoms with E-state index in [0.717, 1.165) is 16.6 Å². The summed E-state index contributed by atoms with van der Waals surface area (Å²) in [5, 5.41) is 3.35. The van der Waals surface area contributed by atoms with Crippen molar-refractivity contribution in [2.45, 2.75) is 26.6 Å². The molecule has 0 saturated carbocycles. The summed E-state index contributed by atoms with van der Waals surface area (Å²) in [6.45, 7) is 4.66. The van der Waals surface area contributed by atoms with Gasteiger partial charge in [-0.05, 0) is 41.8 Å². The Kier molecular flexibility index (Phi) is 6.36. The molecular formula is C17H19BrFNO. The van der Waals surface area contributed by atoms with Gasteiger partial charge in [-0.2, -0.15) is 0 Å². The van der Waals surface area contributed by atoms with Crippen LogP contribution >= 0.6 is 15.9 Å². The summed E-state index contributed by atoms with van der Waals surface area (Å²) in [6, 6.07) is 12.9. The molecule has 2 aromatic carbocycles. The Hall–Kier alpha value is -1.23. The molecule has 112 valence electrons. The highest BCUT2D eigenvalue weighted by Crippen LogP contribution is 2.18. The lowest BCUT2D eigenvalue weighted by molar-refractivity contribution is 0.133. The van der Waals surface area contributed by atoms with Crippen LogP contribution in [0.15, 0.2) is 46.9 Å². The van der Waals surface area contributed by atoms with Gasteiger partial charge in [0.2, 0.25) is 0 Å². The Morgan fingerprint density at radius 1 is 1.05 bits per heavy atom. The van der Waals surface area contributed by atoms with E-state index in [4.69, 9.17) is 4.74 Å². The van der Waals surface area contributed by atoms with E-state index in [1.54, 1.807) is 12.1 Å². The lowest BCUT2D eigenvalue weighted by Gasteiger charge is -2.11. The molecule has 0 bridgehead atoms. The average molecular weight is 352 g/mol. The highest BCUT2D eigenvalue weighted by atomic mass is 79.9. The van der Waals surface area contributed by atoms with Crippen LogP contribution < -0.4 is 5.32 Å². The summed E-state index contributed by atoms with van der Waals surface area (Å²) < 4.78 is 19.6. The summed E-state index contributed by atoms with van der Waals surface area (Å²) >= 11 is 3.44. The van der Waals surface area contributed by atoms with E-state index in [-0.39, 0.29) is 5.82 Å². The second kappa shape index (κ2) is 8.27. The molecule has 0 fully saturated rings. The third-order valence-corrected chi connectivity index (χ3v) is 3.99. The van der Waals surface area contributed by atoms with Crippen molar-refractivity contribution in [3.05, 3.63) is 69.4 Å². The number of hydrogen-bond donors (Lipinski definition) is 1. The number of benzene rings is 2. The molecule has 0 aromatic heterocycles. The van der Waals surface area contributed by atoms with Crippen molar-refractivity contribution in [3.8, 4) is 0 Å². The number of hydrogen-bond acceptors (Lipinski definition) is 2. The molecule has 2 aromatic rings. The van der Waals surface area contributed by atoms with Crippen LogP contribution in [0.2, 0.25) is 0 Å². The fraction of sp³-hybridized carbons (Fsp3) is 0.294. The van der Waals surface area contributed by atoms with E-state index < -0.39 is 0 Å². The molecule has 0 saturated heterocycles. The van der Waals surface area contributed by atoms with Gasteiger partial charge in [0.1, 0.15) is 5.82 Å². The average Bonchev–Trinajstić information content (AvgIpc) is 2.50. The largest absolute Gasteiger partial charge is 0.377 e. The standard InChI is InChI=1S/C17H19BrFNO/c1-2-21-12-14-6-4-3-5-13(14)10-20-11-15-9-16(19)7-8-17(15)18/h3-9,20H,2,10-12H2,1H3. The maximum atomic E-state index is 13.2. The minimum atomic E-state index is -0.216. The lowest BCUT2D eigenvalue weighted by Crippen LogP contribution is -2.14. The van der Waals surface area contributed by atoms with E-state index in [1.807, 2.05) is 19.1 Å². The smallest absolute Gasteiger partial charge is 0.123 e. The highest BCUT2D eigenvalue weighted by Gasteiger charge is 2.04. The first-order valence-corrected chi connectivity index (χ1v) is 7.79.